The number of carbonyl (C=O) groups excluding carboxylic acids is 2. The number of ketones is 1. The molecule has 4 unspecified atom stereocenters. The van der Waals surface area contributed by atoms with Crippen molar-refractivity contribution >= 4 is 32.5 Å². The number of carbonyl (C=O) groups is 2. The minimum Gasteiger partial charge on any atom is -0.466 e. The summed E-state index contributed by atoms with van der Waals surface area (Å²) >= 11 is 0. The van der Waals surface area contributed by atoms with Gasteiger partial charge in [-0.15, -0.1) is 0 Å². The minimum absolute atomic E-state index is 0.0134. The van der Waals surface area contributed by atoms with Crippen LogP contribution in [0.25, 0.3) is 0 Å². The third-order valence-electron chi connectivity index (χ3n) is 6.95. The predicted molar refractivity (Wildman–Crippen MR) is 169 cm³/mol. The predicted octanol–water partition coefficient (Wildman–Crippen LogP) is 5.54. The lowest BCUT2D eigenvalue weighted by molar-refractivity contribution is -0.144. The van der Waals surface area contributed by atoms with Gasteiger partial charge in [0.1, 0.15) is 17.8 Å². The second-order valence-corrected chi connectivity index (χ2v) is 12.8. The molecular formula is C30H52N5O7P. The van der Waals surface area contributed by atoms with Gasteiger partial charge in [0.2, 0.25) is 0 Å². The minimum atomic E-state index is -1.42. The van der Waals surface area contributed by atoms with Crippen molar-refractivity contribution in [3.05, 3.63) is 22.2 Å². The summed E-state index contributed by atoms with van der Waals surface area (Å²) in [5.41, 5.74) is 0.474. The first-order valence-electron chi connectivity index (χ1n) is 15.5. The molecule has 1 aliphatic rings. The number of aromatic nitrogens is 2. The van der Waals surface area contributed by atoms with E-state index < -0.39 is 14.8 Å². The number of aliphatic imine (C=N–C) groups is 1. The maximum absolute atomic E-state index is 13.0. The fourth-order valence-corrected chi connectivity index (χ4v) is 6.39. The molecule has 2 rings (SSSR count). The summed E-state index contributed by atoms with van der Waals surface area (Å²) in [6.45, 7) is 17.4. The van der Waals surface area contributed by atoms with Crippen molar-refractivity contribution in [2.75, 3.05) is 25.0 Å². The topological polar surface area (TPSA) is 134 Å². The lowest BCUT2D eigenvalue weighted by Gasteiger charge is -2.36. The van der Waals surface area contributed by atoms with Gasteiger partial charge in [-0.2, -0.15) is 4.98 Å². The number of ether oxygens (including phenoxy) is 2. The molecule has 13 heteroatoms. The highest BCUT2D eigenvalue weighted by molar-refractivity contribution is 7.45. The fourth-order valence-electron chi connectivity index (χ4n) is 4.74. The van der Waals surface area contributed by atoms with E-state index in [2.05, 4.69) is 47.7 Å². The third kappa shape index (κ3) is 12.6. The average molecular weight is 626 g/mol. The molecular weight excluding hydrogens is 573 g/mol. The van der Waals surface area contributed by atoms with Crippen molar-refractivity contribution in [2.45, 2.75) is 131 Å². The summed E-state index contributed by atoms with van der Waals surface area (Å²) in [4.78, 5) is 44.0. The average Bonchev–Trinajstić information content (AvgIpc) is 3.29. The SMILES string of the molecule is CCN=COP(OC1CC(n2cc(C)c(NCCCCCCOC(=O)CCC(C)=O)nc2=O)OC1C)N(C(C)C)C(C)C. The summed E-state index contributed by atoms with van der Waals surface area (Å²) in [6.07, 6.45) is 6.68. The largest absolute Gasteiger partial charge is 0.466 e. The molecule has 244 valence electrons. The monoisotopic (exact) mass is 625 g/mol. The van der Waals surface area contributed by atoms with Crippen LogP contribution in [-0.2, 0) is 28.1 Å². The van der Waals surface area contributed by atoms with E-state index in [0.29, 0.717) is 31.9 Å². The van der Waals surface area contributed by atoms with Gasteiger partial charge in [-0.05, 0) is 74.7 Å². The Kier molecular flexibility index (Phi) is 16.3. The Bertz CT molecular complexity index is 1090. The number of unbranched alkanes of at least 4 members (excludes halogenated alkanes) is 3. The van der Waals surface area contributed by atoms with Gasteiger partial charge < -0.3 is 28.6 Å². The maximum atomic E-state index is 13.0. The zero-order valence-corrected chi connectivity index (χ0v) is 28.1. The van der Waals surface area contributed by atoms with Crippen LogP contribution in [-0.4, -0.2) is 76.4 Å². The van der Waals surface area contributed by atoms with E-state index >= 15 is 0 Å². The Labute approximate surface area is 257 Å². The van der Waals surface area contributed by atoms with E-state index in [1.807, 2.05) is 20.8 Å². The maximum Gasteiger partial charge on any atom is 0.351 e. The Hall–Kier alpha value is -2.40. The Morgan fingerprint density at radius 2 is 1.91 bits per heavy atom. The zero-order valence-electron chi connectivity index (χ0n) is 27.2. The lowest BCUT2D eigenvalue weighted by Crippen LogP contribution is -2.35. The Morgan fingerprint density at radius 3 is 2.56 bits per heavy atom. The van der Waals surface area contributed by atoms with Crippen LogP contribution in [0.1, 0.15) is 105 Å². The summed E-state index contributed by atoms with van der Waals surface area (Å²) < 4.78 is 27.5. The number of aryl methyl sites for hydroxylation is 1. The molecule has 1 N–H and O–H groups in total. The molecule has 1 saturated heterocycles. The van der Waals surface area contributed by atoms with Gasteiger partial charge in [0.25, 0.3) is 0 Å². The zero-order chi connectivity index (χ0) is 31.9. The van der Waals surface area contributed by atoms with Crippen LogP contribution in [0.3, 0.4) is 0 Å². The molecule has 43 heavy (non-hydrogen) atoms. The second kappa shape index (κ2) is 19.1. The van der Waals surface area contributed by atoms with E-state index in [0.717, 1.165) is 31.2 Å². The van der Waals surface area contributed by atoms with E-state index in [9.17, 15) is 14.4 Å². The number of anilines is 1. The molecule has 1 aliphatic heterocycles. The van der Waals surface area contributed by atoms with Crippen LogP contribution >= 0.6 is 8.53 Å². The van der Waals surface area contributed by atoms with Gasteiger partial charge in [0, 0.05) is 49.8 Å². The van der Waals surface area contributed by atoms with Crippen LogP contribution in [0.15, 0.2) is 16.0 Å². The smallest absolute Gasteiger partial charge is 0.351 e. The van der Waals surface area contributed by atoms with Gasteiger partial charge in [0.05, 0.1) is 25.2 Å². The van der Waals surface area contributed by atoms with E-state index in [-0.39, 0.29) is 54.6 Å². The number of nitrogens with zero attached hydrogens (tertiary/aromatic N) is 4. The van der Waals surface area contributed by atoms with Crippen LogP contribution < -0.4 is 11.0 Å². The molecule has 0 radical (unpaired) electrons. The molecule has 2 heterocycles. The summed E-state index contributed by atoms with van der Waals surface area (Å²) in [6, 6.07) is 0.413. The Morgan fingerprint density at radius 1 is 1.21 bits per heavy atom. The normalized spacial score (nSPS) is 19.5. The molecule has 0 bridgehead atoms. The van der Waals surface area contributed by atoms with Crippen molar-refractivity contribution in [2.24, 2.45) is 4.99 Å². The summed E-state index contributed by atoms with van der Waals surface area (Å²) in [7, 11) is -1.42. The molecule has 0 aromatic carbocycles. The lowest BCUT2D eigenvalue weighted by atomic mass is 10.2. The van der Waals surface area contributed by atoms with Gasteiger partial charge in [-0.25, -0.2) is 9.46 Å². The first-order chi connectivity index (χ1) is 20.4. The highest BCUT2D eigenvalue weighted by Gasteiger charge is 2.40. The van der Waals surface area contributed by atoms with Gasteiger partial charge in [-0.3, -0.25) is 14.4 Å². The summed E-state index contributed by atoms with van der Waals surface area (Å²) in [5, 5.41) is 3.27. The quantitative estimate of drug-likeness (QED) is 0.0647. The fraction of sp³-hybridized carbons (Fsp3) is 0.767. The van der Waals surface area contributed by atoms with E-state index in [1.54, 1.807) is 10.8 Å². The van der Waals surface area contributed by atoms with Crippen molar-refractivity contribution in [3.63, 3.8) is 0 Å². The second-order valence-electron chi connectivity index (χ2n) is 11.4. The molecule has 0 aliphatic carbocycles. The molecule has 1 aromatic heterocycles. The summed E-state index contributed by atoms with van der Waals surface area (Å²) in [5.74, 6) is 0.228. The number of esters is 1. The highest BCUT2D eigenvalue weighted by atomic mass is 31.2. The van der Waals surface area contributed by atoms with Crippen LogP contribution in [0.5, 0.6) is 0 Å². The number of hydrogen-bond acceptors (Lipinski definition) is 11. The Balaban J connectivity index is 1.88. The van der Waals surface area contributed by atoms with Crippen molar-refractivity contribution in [1.82, 2.24) is 14.2 Å². The molecule has 0 spiro atoms. The van der Waals surface area contributed by atoms with E-state index in [4.69, 9.17) is 18.5 Å². The number of nitrogens with one attached hydrogen (secondary N) is 1. The van der Waals surface area contributed by atoms with Crippen LogP contribution in [0.2, 0.25) is 0 Å². The number of hydrogen-bond donors (Lipinski definition) is 1. The van der Waals surface area contributed by atoms with Crippen molar-refractivity contribution < 1.29 is 28.1 Å². The van der Waals surface area contributed by atoms with E-state index in [1.165, 1.54) is 13.3 Å². The molecule has 0 saturated carbocycles. The number of Topliss-reactive ketones (excluding diaryl/α,β-unsaturated/α-hetero) is 1. The standard InChI is InChI=1S/C30H52N5O7P/c1-9-31-20-40-43(35(21(2)3)22(4)5)42-26-18-27(41-25(26)8)34-19-23(6)29(33-30(34)38)32-16-12-10-11-13-17-39-28(37)15-14-24(7)36/h19-22,25-27H,9-18H2,1-8H3,(H,32,33,38). The van der Waals surface area contributed by atoms with Gasteiger partial charge >= 0.3 is 20.2 Å². The van der Waals surface area contributed by atoms with Gasteiger partial charge in [-0.1, -0.05) is 6.42 Å². The number of rotatable bonds is 20. The molecule has 12 nitrogen and oxygen atoms in total. The molecule has 4 atom stereocenters. The first kappa shape index (κ1) is 36.8. The highest BCUT2D eigenvalue weighted by Crippen LogP contribution is 2.49. The molecule has 1 aromatic rings. The van der Waals surface area contributed by atoms with Crippen molar-refractivity contribution in [1.29, 1.82) is 0 Å². The van der Waals surface area contributed by atoms with Crippen molar-refractivity contribution in [3.8, 4) is 0 Å². The third-order valence-corrected chi connectivity index (χ3v) is 8.98. The van der Waals surface area contributed by atoms with Crippen LogP contribution in [0.4, 0.5) is 5.82 Å². The molecule has 1 fully saturated rings. The van der Waals surface area contributed by atoms with Gasteiger partial charge in [0.15, 0.2) is 6.40 Å². The first-order valence-corrected chi connectivity index (χ1v) is 16.6. The molecule has 0 amide bonds. The van der Waals surface area contributed by atoms with Crippen LogP contribution in [0, 0.1) is 6.92 Å².